The van der Waals surface area contributed by atoms with Crippen molar-refractivity contribution >= 4 is 11.7 Å². The third-order valence-corrected chi connectivity index (χ3v) is 6.71. The zero-order valence-corrected chi connectivity index (χ0v) is 18.7. The van der Waals surface area contributed by atoms with E-state index in [1.165, 1.54) is 27.9 Å². The summed E-state index contributed by atoms with van der Waals surface area (Å²) in [6.45, 7) is 5.20. The van der Waals surface area contributed by atoms with E-state index in [0.29, 0.717) is 13.1 Å². The molecule has 2 aliphatic rings. The molecule has 5 rings (SSSR count). The molecule has 2 amide bonds. The number of carbonyl (C=O) groups excluding carboxylic acids is 1. The number of carbonyl (C=O) groups is 1. The van der Waals surface area contributed by atoms with E-state index >= 15 is 0 Å². The van der Waals surface area contributed by atoms with Gasteiger partial charge in [0.1, 0.15) is 0 Å². The molecule has 0 radical (unpaired) electrons. The van der Waals surface area contributed by atoms with Crippen LogP contribution in [0.15, 0.2) is 61.1 Å². The lowest BCUT2D eigenvalue weighted by Crippen LogP contribution is -2.53. The average molecular weight is 428 g/mol. The van der Waals surface area contributed by atoms with Gasteiger partial charge in [-0.2, -0.15) is 0 Å². The lowest BCUT2D eigenvalue weighted by atomic mass is 9.94. The van der Waals surface area contributed by atoms with Crippen molar-refractivity contribution in [2.24, 2.45) is 0 Å². The Hall–Kier alpha value is -3.25. The van der Waals surface area contributed by atoms with E-state index in [4.69, 9.17) is 4.98 Å². The van der Waals surface area contributed by atoms with Crippen LogP contribution in [-0.4, -0.2) is 59.0 Å². The monoisotopic (exact) mass is 427 g/mol. The van der Waals surface area contributed by atoms with Crippen LogP contribution in [0.25, 0.3) is 0 Å². The van der Waals surface area contributed by atoms with Gasteiger partial charge in [0, 0.05) is 45.6 Å². The summed E-state index contributed by atoms with van der Waals surface area (Å²) in [7, 11) is 1.82. The number of fused-ring (bicyclic) bond motifs is 2. The zero-order valence-electron chi connectivity index (χ0n) is 18.7. The molecule has 0 spiro atoms. The Morgan fingerprint density at radius 2 is 1.78 bits per heavy atom. The lowest BCUT2D eigenvalue weighted by molar-refractivity contribution is 0.122. The number of benzene rings is 1. The normalized spacial score (nSPS) is 18.4. The summed E-state index contributed by atoms with van der Waals surface area (Å²) in [5.41, 5.74) is 7.40. The number of amides is 2. The van der Waals surface area contributed by atoms with Gasteiger partial charge in [-0.05, 0) is 54.7 Å². The average Bonchev–Trinajstić information content (AvgIpc) is 3.00. The van der Waals surface area contributed by atoms with Crippen LogP contribution in [-0.2, 0) is 12.8 Å². The predicted molar refractivity (Wildman–Crippen MR) is 126 cm³/mol. The Kier molecular flexibility index (Phi) is 5.62. The van der Waals surface area contributed by atoms with Crippen LogP contribution in [0.3, 0.4) is 0 Å². The summed E-state index contributed by atoms with van der Waals surface area (Å²) in [5, 5.41) is 0. The summed E-state index contributed by atoms with van der Waals surface area (Å²) in [6.07, 6.45) is 7.42. The first-order chi connectivity index (χ1) is 15.6. The number of aromatic nitrogens is 2. The second-order valence-electron chi connectivity index (χ2n) is 8.73. The molecular weight excluding hydrogens is 398 g/mol. The maximum absolute atomic E-state index is 13.1. The topological polar surface area (TPSA) is 52.6 Å². The van der Waals surface area contributed by atoms with Gasteiger partial charge in [0.25, 0.3) is 0 Å². The van der Waals surface area contributed by atoms with E-state index in [1.807, 2.05) is 36.3 Å². The fraction of sp³-hybridized carbons (Fsp3) is 0.346. The van der Waals surface area contributed by atoms with Crippen LogP contribution < -0.4 is 4.90 Å². The third-order valence-electron chi connectivity index (χ3n) is 6.71. The molecule has 3 aromatic rings. The maximum Gasteiger partial charge on any atom is 0.324 e. The fourth-order valence-electron chi connectivity index (χ4n) is 4.96. The van der Waals surface area contributed by atoms with Crippen LogP contribution >= 0.6 is 0 Å². The molecule has 1 fully saturated rings. The highest BCUT2D eigenvalue weighted by Crippen LogP contribution is 2.36. The minimum absolute atomic E-state index is 0.0214. The number of pyridine rings is 2. The molecule has 1 aromatic carbocycles. The fourth-order valence-corrected chi connectivity index (χ4v) is 4.96. The highest BCUT2D eigenvalue weighted by Gasteiger charge is 2.33. The van der Waals surface area contributed by atoms with Gasteiger partial charge in [-0.25, -0.2) is 4.79 Å². The van der Waals surface area contributed by atoms with Crippen molar-refractivity contribution in [2.75, 3.05) is 38.1 Å². The minimum Gasteiger partial charge on any atom is -0.322 e. The molecule has 3 heterocycles. The number of urea groups is 1. The van der Waals surface area contributed by atoms with Crippen molar-refractivity contribution in [1.82, 2.24) is 19.8 Å². The molecule has 1 aliphatic heterocycles. The second-order valence-corrected chi connectivity index (χ2v) is 8.73. The maximum atomic E-state index is 13.1. The van der Waals surface area contributed by atoms with E-state index in [2.05, 4.69) is 41.1 Å². The smallest absolute Gasteiger partial charge is 0.322 e. The van der Waals surface area contributed by atoms with Crippen LogP contribution in [0.5, 0.6) is 0 Å². The summed E-state index contributed by atoms with van der Waals surface area (Å²) in [6, 6.07) is 15.0. The molecule has 6 heteroatoms. The number of rotatable bonds is 2. The van der Waals surface area contributed by atoms with E-state index in [1.54, 1.807) is 17.3 Å². The first kappa shape index (κ1) is 20.6. The molecule has 6 nitrogen and oxygen atoms in total. The Bertz CT molecular complexity index is 1110. The molecule has 0 saturated carbocycles. The summed E-state index contributed by atoms with van der Waals surface area (Å²) >= 11 is 0. The third kappa shape index (κ3) is 3.86. The van der Waals surface area contributed by atoms with Crippen LogP contribution in [0.1, 0.15) is 34.0 Å². The standard InChI is InChI=1S/C26H29N5O/c1-19-7-10-23-21(17-19)9-8-20-5-3-12-28-24(20)25(23)30-13-15-31(16-14-30)26(32)29(2)22-6-4-11-27-18-22/h3-7,10-12,17-18,25H,8-9,13-16H2,1-2H3. The van der Waals surface area contributed by atoms with Gasteiger partial charge in [0.05, 0.1) is 23.6 Å². The van der Waals surface area contributed by atoms with Gasteiger partial charge < -0.3 is 4.90 Å². The zero-order chi connectivity index (χ0) is 22.1. The number of nitrogens with zero attached hydrogens (tertiary/aromatic N) is 5. The number of anilines is 1. The molecule has 1 atom stereocenters. The van der Waals surface area contributed by atoms with E-state index in [9.17, 15) is 4.79 Å². The van der Waals surface area contributed by atoms with Crippen LogP contribution in [0, 0.1) is 6.92 Å². The van der Waals surface area contributed by atoms with Crippen molar-refractivity contribution in [3.05, 3.63) is 89.0 Å². The van der Waals surface area contributed by atoms with Crippen molar-refractivity contribution in [2.45, 2.75) is 25.8 Å². The van der Waals surface area contributed by atoms with Gasteiger partial charge in [-0.15, -0.1) is 0 Å². The molecule has 1 aliphatic carbocycles. The Labute approximate surface area is 189 Å². The van der Waals surface area contributed by atoms with Crippen molar-refractivity contribution in [1.29, 1.82) is 0 Å². The molecule has 1 saturated heterocycles. The molecular formula is C26H29N5O. The first-order valence-corrected chi connectivity index (χ1v) is 11.3. The molecule has 2 aromatic heterocycles. The largest absolute Gasteiger partial charge is 0.324 e. The number of hydrogen-bond acceptors (Lipinski definition) is 4. The Morgan fingerprint density at radius 3 is 2.56 bits per heavy atom. The predicted octanol–water partition coefficient (Wildman–Crippen LogP) is 3.85. The van der Waals surface area contributed by atoms with Crippen molar-refractivity contribution in [3.8, 4) is 0 Å². The van der Waals surface area contributed by atoms with Gasteiger partial charge in [0.2, 0.25) is 0 Å². The Morgan fingerprint density at radius 1 is 1.00 bits per heavy atom. The lowest BCUT2D eigenvalue weighted by Gasteiger charge is -2.40. The Balaban J connectivity index is 1.38. The highest BCUT2D eigenvalue weighted by molar-refractivity contribution is 5.91. The minimum atomic E-state index is 0.0214. The number of aryl methyl sites for hydroxylation is 3. The van der Waals surface area contributed by atoms with Crippen LogP contribution in [0.2, 0.25) is 0 Å². The van der Waals surface area contributed by atoms with Gasteiger partial charge in [-0.3, -0.25) is 19.8 Å². The molecule has 1 unspecified atom stereocenters. The van der Waals surface area contributed by atoms with E-state index in [0.717, 1.165) is 31.6 Å². The van der Waals surface area contributed by atoms with Crippen LogP contribution in [0.4, 0.5) is 10.5 Å². The second kappa shape index (κ2) is 8.71. The number of hydrogen-bond donors (Lipinski definition) is 0. The van der Waals surface area contributed by atoms with Gasteiger partial charge >= 0.3 is 6.03 Å². The SMILES string of the molecule is Cc1ccc2c(c1)CCc1cccnc1C2N1CCN(C(=O)N(C)c2cccnc2)CC1. The molecule has 32 heavy (non-hydrogen) atoms. The van der Waals surface area contributed by atoms with Gasteiger partial charge in [-0.1, -0.05) is 29.8 Å². The highest BCUT2D eigenvalue weighted by atomic mass is 16.2. The number of piperazine rings is 1. The molecule has 164 valence electrons. The van der Waals surface area contributed by atoms with E-state index in [-0.39, 0.29) is 12.1 Å². The molecule has 0 bridgehead atoms. The van der Waals surface area contributed by atoms with Crippen molar-refractivity contribution in [3.63, 3.8) is 0 Å². The summed E-state index contributed by atoms with van der Waals surface area (Å²) in [5.74, 6) is 0. The van der Waals surface area contributed by atoms with E-state index < -0.39 is 0 Å². The van der Waals surface area contributed by atoms with Gasteiger partial charge in [0.15, 0.2) is 0 Å². The molecule has 0 N–H and O–H groups in total. The summed E-state index contributed by atoms with van der Waals surface area (Å²) < 4.78 is 0. The summed E-state index contributed by atoms with van der Waals surface area (Å²) in [4.78, 5) is 28.2. The van der Waals surface area contributed by atoms with Crippen molar-refractivity contribution < 1.29 is 4.79 Å². The quantitative estimate of drug-likeness (QED) is 0.623. The first-order valence-electron chi connectivity index (χ1n) is 11.3.